The zero-order chi connectivity index (χ0) is 17.5. The maximum absolute atomic E-state index is 5.71. The summed E-state index contributed by atoms with van der Waals surface area (Å²) >= 11 is 3.20. The molecule has 0 aliphatic heterocycles. The highest BCUT2D eigenvalue weighted by Crippen LogP contribution is 2.29. The van der Waals surface area contributed by atoms with Crippen LogP contribution in [0.2, 0.25) is 0 Å². The summed E-state index contributed by atoms with van der Waals surface area (Å²) in [7, 11) is 1.64. The van der Waals surface area contributed by atoms with E-state index in [2.05, 4.69) is 28.5 Å². The van der Waals surface area contributed by atoms with Gasteiger partial charge in [0.1, 0.15) is 0 Å². The van der Waals surface area contributed by atoms with E-state index in [-0.39, 0.29) is 0 Å². The molecule has 3 rings (SSSR count). The average Bonchev–Trinajstić information content (AvgIpc) is 3.31. The molecule has 0 bridgehead atoms. The zero-order valence-corrected chi connectivity index (χ0v) is 15.7. The summed E-state index contributed by atoms with van der Waals surface area (Å²) in [5.74, 6) is 1.45. The number of anilines is 1. The highest BCUT2D eigenvalue weighted by Gasteiger charge is 2.06. The van der Waals surface area contributed by atoms with Crippen LogP contribution in [-0.2, 0) is 0 Å². The van der Waals surface area contributed by atoms with Crippen molar-refractivity contribution in [1.29, 1.82) is 0 Å². The van der Waals surface area contributed by atoms with E-state index in [0.29, 0.717) is 6.61 Å². The van der Waals surface area contributed by atoms with E-state index in [4.69, 9.17) is 9.47 Å². The van der Waals surface area contributed by atoms with Gasteiger partial charge in [-0.3, -0.25) is 5.43 Å². The predicted molar refractivity (Wildman–Crippen MR) is 105 cm³/mol. The van der Waals surface area contributed by atoms with Crippen molar-refractivity contribution in [2.24, 2.45) is 5.10 Å². The first kappa shape index (κ1) is 17.4. The van der Waals surface area contributed by atoms with Gasteiger partial charge in [-0.25, -0.2) is 4.98 Å². The third-order valence-electron chi connectivity index (χ3n) is 3.30. The Kier molecular flexibility index (Phi) is 6.03. The lowest BCUT2D eigenvalue weighted by atomic mass is 10.2. The van der Waals surface area contributed by atoms with Gasteiger partial charge >= 0.3 is 0 Å². The molecule has 0 radical (unpaired) electrons. The molecule has 3 aromatic rings. The van der Waals surface area contributed by atoms with Gasteiger partial charge in [-0.15, -0.1) is 22.7 Å². The second kappa shape index (κ2) is 8.64. The van der Waals surface area contributed by atoms with E-state index in [0.717, 1.165) is 39.2 Å². The van der Waals surface area contributed by atoms with Crippen molar-refractivity contribution in [2.75, 3.05) is 19.1 Å². The maximum Gasteiger partial charge on any atom is 0.203 e. The lowest BCUT2D eigenvalue weighted by molar-refractivity contribution is 0.294. The zero-order valence-electron chi connectivity index (χ0n) is 14.1. The number of ether oxygens (including phenoxy) is 2. The number of nitrogens with zero attached hydrogens (tertiary/aromatic N) is 2. The number of hydrogen-bond acceptors (Lipinski definition) is 7. The van der Waals surface area contributed by atoms with E-state index < -0.39 is 0 Å². The SMILES string of the molecule is CCCOc1cc(/C=N\Nc2nc(-c3cccs3)cs2)ccc1OC. The van der Waals surface area contributed by atoms with Gasteiger partial charge in [-0.05, 0) is 41.6 Å². The van der Waals surface area contributed by atoms with Crippen LogP contribution >= 0.6 is 22.7 Å². The first-order chi connectivity index (χ1) is 12.3. The van der Waals surface area contributed by atoms with E-state index in [1.807, 2.05) is 35.0 Å². The molecule has 0 fully saturated rings. The number of rotatable bonds is 8. The minimum atomic E-state index is 0.653. The number of hydrogen-bond donors (Lipinski definition) is 1. The normalized spacial score (nSPS) is 11.0. The lowest BCUT2D eigenvalue weighted by Crippen LogP contribution is -1.99. The van der Waals surface area contributed by atoms with Crippen molar-refractivity contribution in [3.63, 3.8) is 0 Å². The summed E-state index contributed by atoms with van der Waals surface area (Å²) < 4.78 is 11.0. The van der Waals surface area contributed by atoms with E-state index >= 15 is 0 Å². The van der Waals surface area contributed by atoms with Crippen LogP contribution in [-0.4, -0.2) is 24.9 Å². The van der Waals surface area contributed by atoms with Crippen molar-refractivity contribution in [3.05, 3.63) is 46.7 Å². The van der Waals surface area contributed by atoms with Gasteiger partial charge in [0.05, 0.1) is 30.5 Å². The molecule has 130 valence electrons. The molecular formula is C18H19N3O2S2. The average molecular weight is 374 g/mol. The third-order valence-corrected chi connectivity index (χ3v) is 4.94. The highest BCUT2D eigenvalue weighted by molar-refractivity contribution is 7.15. The Labute approximate surface area is 155 Å². The van der Waals surface area contributed by atoms with Crippen LogP contribution in [0, 0.1) is 0 Å². The molecule has 0 unspecified atom stereocenters. The fraction of sp³-hybridized carbons (Fsp3) is 0.222. The molecule has 1 N–H and O–H groups in total. The molecule has 0 aliphatic rings. The first-order valence-electron chi connectivity index (χ1n) is 7.89. The molecule has 1 aromatic carbocycles. The summed E-state index contributed by atoms with van der Waals surface area (Å²) in [4.78, 5) is 5.68. The fourth-order valence-corrected chi connectivity index (χ4v) is 3.54. The van der Waals surface area contributed by atoms with E-state index in [9.17, 15) is 0 Å². The molecule has 0 atom stereocenters. The molecule has 0 spiro atoms. The first-order valence-corrected chi connectivity index (χ1v) is 9.65. The van der Waals surface area contributed by atoms with Gasteiger partial charge in [0.2, 0.25) is 5.13 Å². The number of thiazole rings is 1. The largest absolute Gasteiger partial charge is 0.493 e. The Hall–Kier alpha value is -2.38. The fourth-order valence-electron chi connectivity index (χ4n) is 2.12. The molecule has 0 amide bonds. The summed E-state index contributed by atoms with van der Waals surface area (Å²) in [6.45, 7) is 2.72. The Morgan fingerprint density at radius 1 is 1.24 bits per heavy atom. The van der Waals surface area contributed by atoms with Crippen molar-refractivity contribution in [2.45, 2.75) is 13.3 Å². The smallest absolute Gasteiger partial charge is 0.203 e. The second-order valence-corrected chi connectivity index (χ2v) is 6.95. The van der Waals surface area contributed by atoms with Crippen molar-refractivity contribution in [1.82, 2.24) is 4.98 Å². The highest BCUT2D eigenvalue weighted by atomic mass is 32.1. The minimum absolute atomic E-state index is 0.653. The molecule has 25 heavy (non-hydrogen) atoms. The van der Waals surface area contributed by atoms with Crippen LogP contribution in [0.1, 0.15) is 18.9 Å². The molecule has 0 saturated heterocycles. The molecular weight excluding hydrogens is 354 g/mol. The molecule has 5 nitrogen and oxygen atoms in total. The van der Waals surface area contributed by atoms with Crippen LogP contribution in [0.3, 0.4) is 0 Å². The lowest BCUT2D eigenvalue weighted by Gasteiger charge is -2.10. The number of methoxy groups -OCH3 is 1. The topological polar surface area (TPSA) is 55.7 Å². The Morgan fingerprint density at radius 3 is 2.92 bits per heavy atom. The van der Waals surface area contributed by atoms with Gasteiger partial charge in [0.15, 0.2) is 11.5 Å². The van der Waals surface area contributed by atoms with Gasteiger partial charge in [0, 0.05) is 5.38 Å². The van der Waals surface area contributed by atoms with Gasteiger partial charge in [-0.1, -0.05) is 13.0 Å². The Bertz CT molecular complexity index is 829. The minimum Gasteiger partial charge on any atom is -0.493 e. The van der Waals surface area contributed by atoms with Crippen molar-refractivity contribution < 1.29 is 9.47 Å². The van der Waals surface area contributed by atoms with E-state index in [1.165, 1.54) is 11.3 Å². The number of aromatic nitrogens is 1. The number of nitrogens with one attached hydrogen (secondary N) is 1. The van der Waals surface area contributed by atoms with E-state index in [1.54, 1.807) is 24.7 Å². The van der Waals surface area contributed by atoms with Gasteiger partial charge < -0.3 is 9.47 Å². The van der Waals surface area contributed by atoms with Crippen LogP contribution in [0.4, 0.5) is 5.13 Å². The summed E-state index contributed by atoms with van der Waals surface area (Å²) in [6.07, 6.45) is 2.68. The van der Waals surface area contributed by atoms with Crippen LogP contribution in [0.15, 0.2) is 46.2 Å². The quantitative estimate of drug-likeness (QED) is 0.440. The second-order valence-electron chi connectivity index (χ2n) is 5.14. The molecule has 2 aromatic heterocycles. The molecule has 0 aliphatic carbocycles. The Balaban J connectivity index is 1.65. The standard InChI is InChI=1S/C18H19N3O2S2/c1-3-8-23-16-10-13(6-7-15(16)22-2)11-19-21-18-20-14(12-25-18)17-5-4-9-24-17/h4-7,9-12H,3,8H2,1-2H3,(H,20,21)/b19-11-. The summed E-state index contributed by atoms with van der Waals surface area (Å²) in [5, 5.41) is 9.09. The maximum atomic E-state index is 5.71. The monoisotopic (exact) mass is 373 g/mol. The number of benzene rings is 1. The van der Waals surface area contributed by atoms with Crippen LogP contribution in [0.5, 0.6) is 11.5 Å². The van der Waals surface area contributed by atoms with Gasteiger partial charge in [-0.2, -0.15) is 5.10 Å². The summed E-state index contributed by atoms with van der Waals surface area (Å²) in [5.41, 5.74) is 4.87. The van der Waals surface area contributed by atoms with Crippen LogP contribution < -0.4 is 14.9 Å². The summed E-state index contributed by atoms with van der Waals surface area (Å²) in [6, 6.07) is 9.80. The molecule has 0 saturated carbocycles. The number of thiophene rings is 1. The van der Waals surface area contributed by atoms with Crippen molar-refractivity contribution >= 4 is 34.0 Å². The molecule has 2 heterocycles. The molecule has 7 heteroatoms. The Morgan fingerprint density at radius 2 is 2.16 bits per heavy atom. The third kappa shape index (κ3) is 4.58. The van der Waals surface area contributed by atoms with Crippen molar-refractivity contribution in [3.8, 4) is 22.1 Å². The number of hydrazone groups is 1. The predicted octanol–water partition coefficient (Wildman–Crippen LogP) is 5.12. The van der Waals surface area contributed by atoms with Gasteiger partial charge in [0.25, 0.3) is 0 Å². The van der Waals surface area contributed by atoms with Crippen LogP contribution in [0.25, 0.3) is 10.6 Å².